The lowest BCUT2D eigenvalue weighted by molar-refractivity contribution is 0.0943. The third-order valence-electron chi connectivity index (χ3n) is 3.25. The lowest BCUT2D eigenvalue weighted by Crippen LogP contribution is -2.40. The fraction of sp³-hybridized carbons (Fsp3) is 0.200. The van der Waals surface area contributed by atoms with Crippen molar-refractivity contribution in [3.8, 4) is 11.5 Å². The van der Waals surface area contributed by atoms with Gasteiger partial charge in [-0.25, -0.2) is 13.1 Å². The van der Waals surface area contributed by atoms with Crippen molar-refractivity contribution in [3.05, 3.63) is 51.4 Å². The molecule has 1 heterocycles. The molecule has 2 aromatic carbocycles. The first-order valence-corrected chi connectivity index (χ1v) is 9.86. The minimum Gasteiger partial charge on any atom is -0.486 e. The highest BCUT2D eigenvalue weighted by molar-refractivity contribution is 9.11. The first kappa shape index (κ1) is 16.8. The Morgan fingerprint density at radius 1 is 1.13 bits per heavy atom. The average molecular weight is 463 g/mol. The van der Waals surface area contributed by atoms with Gasteiger partial charge in [-0.15, -0.1) is 0 Å². The topological polar surface area (TPSA) is 64.6 Å². The summed E-state index contributed by atoms with van der Waals surface area (Å²) >= 11 is 6.56. The minimum absolute atomic E-state index is 0.124. The number of rotatable bonds is 4. The predicted molar refractivity (Wildman–Crippen MR) is 93.4 cm³/mol. The lowest BCUT2D eigenvalue weighted by atomic mass is 10.2. The molecule has 1 unspecified atom stereocenters. The van der Waals surface area contributed by atoms with E-state index in [-0.39, 0.29) is 17.5 Å². The summed E-state index contributed by atoms with van der Waals surface area (Å²) in [7, 11) is -3.64. The zero-order chi connectivity index (χ0) is 16.4. The molecule has 3 rings (SSSR count). The highest BCUT2D eigenvalue weighted by Crippen LogP contribution is 2.31. The number of hydrogen-bond donors (Lipinski definition) is 1. The zero-order valence-corrected chi connectivity index (χ0v) is 15.8. The number of hydrogen-bond acceptors (Lipinski definition) is 4. The Hall–Kier alpha value is -1.09. The maximum Gasteiger partial charge on any atom is 0.241 e. The van der Waals surface area contributed by atoms with Crippen LogP contribution in [0.3, 0.4) is 0 Å². The van der Waals surface area contributed by atoms with Crippen molar-refractivity contribution in [2.45, 2.75) is 11.0 Å². The van der Waals surface area contributed by atoms with Crippen LogP contribution in [0.15, 0.2) is 56.3 Å². The number of halogens is 2. The Bertz CT molecular complexity index is 826. The van der Waals surface area contributed by atoms with Crippen molar-refractivity contribution >= 4 is 41.9 Å². The molecule has 0 fully saturated rings. The summed E-state index contributed by atoms with van der Waals surface area (Å²) in [5, 5.41) is 0. The summed E-state index contributed by atoms with van der Waals surface area (Å²) in [5.74, 6) is 1.29. The van der Waals surface area contributed by atoms with Crippen LogP contribution >= 0.6 is 31.9 Å². The largest absolute Gasteiger partial charge is 0.486 e. The van der Waals surface area contributed by atoms with E-state index in [0.717, 1.165) is 4.47 Å². The number of nitrogens with one attached hydrogen (secondary N) is 1. The fourth-order valence-corrected chi connectivity index (χ4v) is 4.95. The Balaban J connectivity index is 1.68. The normalized spacial score (nSPS) is 17.0. The summed E-state index contributed by atoms with van der Waals surface area (Å²) in [6.45, 7) is 0.417. The van der Waals surface area contributed by atoms with E-state index in [1.165, 1.54) is 6.07 Å². The second kappa shape index (κ2) is 6.80. The van der Waals surface area contributed by atoms with Crippen LogP contribution in [0.4, 0.5) is 0 Å². The molecule has 0 radical (unpaired) electrons. The van der Waals surface area contributed by atoms with E-state index in [9.17, 15) is 8.42 Å². The predicted octanol–water partition coefficient (Wildman–Crippen LogP) is 3.33. The van der Waals surface area contributed by atoms with Crippen LogP contribution in [0, 0.1) is 0 Å². The number of ether oxygens (including phenoxy) is 2. The van der Waals surface area contributed by atoms with Crippen molar-refractivity contribution < 1.29 is 17.9 Å². The molecule has 8 heteroatoms. The average Bonchev–Trinajstić information content (AvgIpc) is 2.52. The number of fused-ring (bicyclic) bond motifs is 1. The molecule has 0 bridgehead atoms. The molecule has 1 aliphatic rings. The second-order valence-corrected chi connectivity index (χ2v) is 8.43. The van der Waals surface area contributed by atoms with Gasteiger partial charge in [-0.3, -0.25) is 0 Å². The van der Waals surface area contributed by atoms with Gasteiger partial charge in [0.1, 0.15) is 12.7 Å². The van der Waals surface area contributed by atoms with E-state index in [1.807, 2.05) is 18.2 Å². The number of benzene rings is 2. The van der Waals surface area contributed by atoms with Gasteiger partial charge in [0.25, 0.3) is 0 Å². The molecular weight excluding hydrogens is 450 g/mol. The van der Waals surface area contributed by atoms with Crippen LogP contribution in [0.2, 0.25) is 0 Å². The highest BCUT2D eigenvalue weighted by atomic mass is 79.9. The van der Waals surface area contributed by atoms with Crippen LogP contribution in [0.25, 0.3) is 0 Å². The summed E-state index contributed by atoms with van der Waals surface area (Å²) < 4.78 is 40.0. The maximum absolute atomic E-state index is 12.4. The van der Waals surface area contributed by atoms with Gasteiger partial charge in [0.15, 0.2) is 11.5 Å². The smallest absolute Gasteiger partial charge is 0.241 e. The van der Waals surface area contributed by atoms with Crippen molar-refractivity contribution in [2.75, 3.05) is 13.2 Å². The molecule has 2 aromatic rings. The van der Waals surface area contributed by atoms with Crippen molar-refractivity contribution in [2.24, 2.45) is 0 Å². The van der Waals surface area contributed by atoms with Crippen molar-refractivity contribution in [3.63, 3.8) is 0 Å². The van der Waals surface area contributed by atoms with Gasteiger partial charge in [0.05, 0.1) is 11.4 Å². The molecule has 0 aliphatic carbocycles. The first-order chi connectivity index (χ1) is 11.0. The van der Waals surface area contributed by atoms with Crippen LogP contribution < -0.4 is 14.2 Å². The fourth-order valence-electron chi connectivity index (χ4n) is 2.14. The molecule has 1 aliphatic heterocycles. The monoisotopic (exact) mass is 461 g/mol. The summed E-state index contributed by atoms with van der Waals surface area (Å²) in [6.07, 6.45) is -0.381. The van der Waals surface area contributed by atoms with Crippen molar-refractivity contribution in [1.82, 2.24) is 4.72 Å². The van der Waals surface area contributed by atoms with Gasteiger partial charge >= 0.3 is 0 Å². The van der Waals surface area contributed by atoms with E-state index in [4.69, 9.17) is 9.47 Å². The van der Waals surface area contributed by atoms with E-state index >= 15 is 0 Å². The summed E-state index contributed by atoms with van der Waals surface area (Å²) in [5.41, 5.74) is 0. The van der Waals surface area contributed by atoms with Gasteiger partial charge in [-0.05, 0) is 46.3 Å². The lowest BCUT2D eigenvalue weighted by Gasteiger charge is -2.26. The molecule has 1 atom stereocenters. The zero-order valence-electron chi connectivity index (χ0n) is 11.8. The minimum atomic E-state index is -3.64. The van der Waals surface area contributed by atoms with E-state index in [1.54, 1.807) is 18.2 Å². The van der Waals surface area contributed by atoms with Crippen LogP contribution in [-0.4, -0.2) is 27.7 Å². The van der Waals surface area contributed by atoms with Gasteiger partial charge in [-0.1, -0.05) is 28.1 Å². The molecule has 0 saturated carbocycles. The summed E-state index contributed by atoms with van der Waals surface area (Å²) in [6, 6.07) is 12.2. The van der Waals surface area contributed by atoms with Crippen LogP contribution in [-0.2, 0) is 10.0 Å². The Morgan fingerprint density at radius 2 is 1.87 bits per heavy atom. The van der Waals surface area contributed by atoms with Gasteiger partial charge in [0, 0.05) is 8.95 Å². The Labute approximate surface area is 151 Å². The molecule has 1 N–H and O–H groups in total. The number of para-hydroxylation sites is 2. The molecule has 5 nitrogen and oxygen atoms in total. The van der Waals surface area contributed by atoms with Gasteiger partial charge in [-0.2, -0.15) is 0 Å². The SMILES string of the molecule is O=S(=O)(NCC1COc2ccccc2O1)c1ccc(Br)cc1Br. The summed E-state index contributed by atoms with van der Waals surface area (Å²) in [4.78, 5) is 0.179. The molecule has 23 heavy (non-hydrogen) atoms. The quantitative estimate of drug-likeness (QED) is 0.756. The standard InChI is InChI=1S/C15H13Br2NO4S/c16-10-5-6-15(12(17)7-10)23(19,20)18-8-11-9-21-13-3-1-2-4-14(13)22-11/h1-7,11,18H,8-9H2. The first-order valence-electron chi connectivity index (χ1n) is 6.79. The second-order valence-electron chi connectivity index (χ2n) is 4.92. The Morgan fingerprint density at radius 3 is 2.61 bits per heavy atom. The maximum atomic E-state index is 12.4. The number of sulfonamides is 1. The van der Waals surface area contributed by atoms with E-state index < -0.39 is 10.0 Å². The highest BCUT2D eigenvalue weighted by Gasteiger charge is 2.24. The van der Waals surface area contributed by atoms with Gasteiger partial charge in [0.2, 0.25) is 10.0 Å². The van der Waals surface area contributed by atoms with Gasteiger partial charge < -0.3 is 9.47 Å². The van der Waals surface area contributed by atoms with E-state index in [2.05, 4.69) is 36.6 Å². The Kier molecular flexibility index (Phi) is 4.96. The van der Waals surface area contributed by atoms with E-state index in [0.29, 0.717) is 22.6 Å². The van der Waals surface area contributed by atoms with Crippen molar-refractivity contribution in [1.29, 1.82) is 0 Å². The third-order valence-corrected chi connectivity index (χ3v) is 6.15. The molecule has 0 amide bonds. The molecule has 122 valence electrons. The molecule has 0 saturated heterocycles. The third kappa shape index (κ3) is 3.88. The molecule has 0 spiro atoms. The van der Waals surface area contributed by atoms with Crippen LogP contribution in [0.5, 0.6) is 11.5 Å². The molecular formula is C15H13Br2NO4S. The molecule has 0 aromatic heterocycles. The van der Waals surface area contributed by atoms with Crippen LogP contribution in [0.1, 0.15) is 0 Å².